The third-order valence-corrected chi connectivity index (χ3v) is 2.60. The molecule has 2 amide bonds. The van der Waals surface area contributed by atoms with Gasteiger partial charge in [0.05, 0.1) is 0 Å². The van der Waals surface area contributed by atoms with Crippen LogP contribution in [0.4, 0.5) is 4.79 Å². The van der Waals surface area contributed by atoms with Crippen molar-refractivity contribution in [1.29, 1.82) is 0 Å². The van der Waals surface area contributed by atoms with Gasteiger partial charge in [-0.3, -0.25) is 0 Å². The van der Waals surface area contributed by atoms with Crippen LogP contribution in [-0.2, 0) is 0 Å². The van der Waals surface area contributed by atoms with Gasteiger partial charge in [0.2, 0.25) is 0 Å². The molecule has 0 spiro atoms. The molecule has 16 heavy (non-hydrogen) atoms. The molecule has 0 atom stereocenters. The van der Waals surface area contributed by atoms with E-state index in [1.165, 1.54) is 0 Å². The molecule has 1 aliphatic heterocycles. The maximum Gasteiger partial charge on any atom is 0.317 e. The van der Waals surface area contributed by atoms with Gasteiger partial charge < -0.3 is 15.1 Å². The summed E-state index contributed by atoms with van der Waals surface area (Å²) >= 11 is 0. The molecule has 1 N–H and O–H groups in total. The van der Waals surface area contributed by atoms with Crippen LogP contribution in [0, 0.1) is 0 Å². The smallest absolute Gasteiger partial charge is 0.317 e. The lowest BCUT2D eigenvalue weighted by Crippen LogP contribution is -2.50. The average Bonchev–Trinajstić information content (AvgIpc) is 2.33. The lowest BCUT2D eigenvalue weighted by molar-refractivity contribution is 0.154. The Bertz CT molecular complexity index is 177. The lowest BCUT2D eigenvalue weighted by Gasteiger charge is -2.32. The number of hydrogen-bond acceptors (Lipinski definition) is 2. The number of urea groups is 1. The fourth-order valence-corrected chi connectivity index (χ4v) is 1.49. The zero-order valence-corrected chi connectivity index (χ0v) is 11.3. The van der Waals surface area contributed by atoms with Crippen LogP contribution in [-0.4, -0.2) is 55.6 Å². The van der Waals surface area contributed by atoms with Gasteiger partial charge in [-0.15, -0.1) is 0 Å². The van der Waals surface area contributed by atoms with Crippen LogP contribution in [0.2, 0.25) is 0 Å². The predicted octanol–water partition coefficient (Wildman–Crippen LogP) is 1.77. The highest BCUT2D eigenvalue weighted by atomic mass is 16.2. The molecule has 0 radical (unpaired) electrons. The normalized spacial score (nSPS) is 16.4. The van der Waals surface area contributed by atoms with Crippen LogP contribution in [0.1, 0.15) is 33.6 Å². The summed E-state index contributed by atoms with van der Waals surface area (Å²) in [5, 5.41) is 2.94. The van der Waals surface area contributed by atoms with Crippen molar-refractivity contribution in [2.24, 2.45) is 0 Å². The second kappa shape index (κ2) is 9.46. The molecule has 1 heterocycles. The summed E-state index contributed by atoms with van der Waals surface area (Å²) in [6, 6.07) is 0.103. The van der Waals surface area contributed by atoms with Gasteiger partial charge in [0.15, 0.2) is 0 Å². The molecule has 96 valence electrons. The van der Waals surface area contributed by atoms with Crippen molar-refractivity contribution in [2.75, 3.05) is 39.8 Å². The van der Waals surface area contributed by atoms with Crippen LogP contribution in [0.25, 0.3) is 0 Å². The van der Waals surface area contributed by atoms with Gasteiger partial charge >= 0.3 is 6.03 Å². The van der Waals surface area contributed by atoms with E-state index in [1.807, 2.05) is 18.7 Å². The van der Waals surface area contributed by atoms with Gasteiger partial charge in [0.25, 0.3) is 0 Å². The molecule has 1 saturated heterocycles. The molecule has 0 aromatic rings. The van der Waals surface area contributed by atoms with E-state index in [0.29, 0.717) is 0 Å². The van der Waals surface area contributed by atoms with Gasteiger partial charge in [-0.25, -0.2) is 4.79 Å². The fourth-order valence-electron chi connectivity index (χ4n) is 1.49. The molecular formula is C12H27N3O. The first-order valence-corrected chi connectivity index (χ1v) is 6.45. The molecule has 0 saturated carbocycles. The molecule has 0 unspecified atom stereocenters. The number of nitrogens with one attached hydrogen (secondary N) is 1. The van der Waals surface area contributed by atoms with Crippen molar-refractivity contribution in [3.8, 4) is 0 Å². The van der Waals surface area contributed by atoms with Crippen molar-refractivity contribution in [3.05, 3.63) is 0 Å². The van der Waals surface area contributed by atoms with Crippen LogP contribution >= 0.6 is 0 Å². The lowest BCUT2D eigenvalue weighted by atomic mass is 10.3. The number of carbonyl (C=O) groups is 1. The Kier molecular flexibility index (Phi) is 9.00. The highest BCUT2D eigenvalue weighted by Crippen LogP contribution is 1.99. The number of piperazine rings is 1. The van der Waals surface area contributed by atoms with Crippen molar-refractivity contribution in [3.63, 3.8) is 0 Å². The van der Waals surface area contributed by atoms with Gasteiger partial charge in [0, 0.05) is 32.7 Å². The molecule has 0 aromatic carbocycles. The van der Waals surface area contributed by atoms with E-state index in [4.69, 9.17) is 0 Å². The van der Waals surface area contributed by atoms with Crippen LogP contribution in [0.5, 0.6) is 0 Å². The average molecular weight is 229 g/mol. The van der Waals surface area contributed by atoms with Gasteiger partial charge in [-0.1, -0.05) is 27.2 Å². The van der Waals surface area contributed by atoms with Crippen molar-refractivity contribution in [2.45, 2.75) is 33.6 Å². The zero-order chi connectivity index (χ0) is 12.4. The van der Waals surface area contributed by atoms with Crippen LogP contribution in [0.3, 0.4) is 0 Å². The van der Waals surface area contributed by atoms with Crippen LogP contribution < -0.4 is 5.32 Å². The van der Waals surface area contributed by atoms with Crippen molar-refractivity contribution < 1.29 is 4.79 Å². The van der Waals surface area contributed by atoms with E-state index < -0.39 is 0 Å². The second-order valence-electron chi connectivity index (χ2n) is 3.88. The van der Waals surface area contributed by atoms with Crippen molar-refractivity contribution in [1.82, 2.24) is 15.1 Å². The Hall–Kier alpha value is -0.770. The van der Waals surface area contributed by atoms with Gasteiger partial charge in [0.1, 0.15) is 0 Å². The first-order chi connectivity index (χ1) is 7.74. The van der Waals surface area contributed by atoms with Crippen molar-refractivity contribution >= 4 is 6.03 Å². The highest BCUT2D eigenvalue weighted by molar-refractivity contribution is 5.74. The number of carbonyl (C=O) groups excluding carboxylic acids is 1. The predicted molar refractivity (Wildman–Crippen MR) is 68.7 cm³/mol. The molecular weight excluding hydrogens is 202 g/mol. The quantitative estimate of drug-likeness (QED) is 0.749. The Morgan fingerprint density at radius 3 is 2.25 bits per heavy atom. The Balaban J connectivity index is 0.00000106. The third-order valence-electron chi connectivity index (χ3n) is 2.60. The van der Waals surface area contributed by atoms with E-state index in [9.17, 15) is 4.79 Å². The van der Waals surface area contributed by atoms with E-state index in [2.05, 4.69) is 24.2 Å². The molecule has 0 aliphatic carbocycles. The number of unbranched alkanes of at least 4 members (excludes halogenated alkanes) is 1. The summed E-state index contributed by atoms with van der Waals surface area (Å²) in [7, 11) is 2.09. The minimum Gasteiger partial charge on any atom is -0.338 e. The molecule has 0 bridgehead atoms. The molecule has 0 aromatic heterocycles. The number of hydrogen-bond donors (Lipinski definition) is 1. The molecule has 1 fully saturated rings. The van der Waals surface area contributed by atoms with Gasteiger partial charge in [-0.05, 0) is 13.5 Å². The van der Waals surface area contributed by atoms with E-state index in [0.717, 1.165) is 45.6 Å². The Morgan fingerprint density at radius 1 is 1.19 bits per heavy atom. The minimum absolute atomic E-state index is 0.103. The summed E-state index contributed by atoms with van der Waals surface area (Å²) in [5.74, 6) is 0. The fraction of sp³-hybridized carbons (Fsp3) is 0.917. The number of amides is 2. The maximum absolute atomic E-state index is 11.6. The van der Waals surface area contributed by atoms with E-state index >= 15 is 0 Å². The number of rotatable bonds is 3. The first kappa shape index (κ1) is 15.2. The van der Waals surface area contributed by atoms with E-state index in [-0.39, 0.29) is 6.03 Å². The van der Waals surface area contributed by atoms with Gasteiger partial charge in [-0.2, -0.15) is 0 Å². The monoisotopic (exact) mass is 229 g/mol. The summed E-state index contributed by atoms with van der Waals surface area (Å²) in [5.41, 5.74) is 0. The summed E-state index contributed by atoms with van der Waals surface area (Å²) < 4.78 is 0. The molecule has 1 aliphatic rings. The number of likely N-dealkylation sites (N-methyl/N-ethyl adjacent to an activating group) is 1. The molecule has 4 heteroatoms. The Morgan fingerprint density at radius 2 is 1.75 bits per heavy atom. The summed E-state index contributed by atoms with van der Waals surface area (Å²) in [6.45, 7) is 10.6. The topological polar surface area (TPSA) is 35.6 Å². The standard InChI is InChI=1S/C10H21N3O.C2H6/c1-3-4-5-11-10(14)13-8-6-12(2)7-9-13;1-2/h3-9H2,1-2H3,(H,11,14);1-2H3. The van der Waals surface area contributed by atoms with E-state index in [1.54, 1.807) is 0 Å². The largest absolute Gasteiger partial charge is 0.338 e. The Labute approximate surface area is 100.0 Å². The highest BCUT2D eigenvalue weighted by Gasteiger charge is 2.17. The molecule has 4 nitrogen and oxygen atoms in total. The minimum atomic E-state index is 0.103. The zero-order valence-electron chi connectivity index (χ0n) is 11.3. The maximum atomic E-state index is 11.6. The number of nitrogens with zero attached hydrogens (tertiary/aromatic N) is 2. The molecule has 1 rings (SSSR count). The third kappa shape index (κ3) is 5.95. The summed E-state index contributed by atoms with van der Waals surface area (Å²) in [6.07, 6.45) is 2.20. The SMILES string of the molecule is CC.CCCCNC(=O)N1CCN(C)CC1. The first-order valence-electron chi connectivity index (χ1n) is 6.45. The van der Waals surface area contributed by atoms with Crippen LogP contribution in [0.15, 0.2) is 0 Å². The second-order valence-corrected chi connectivity index (χ2v) is 3.88. The summed E-state index contributed by atoms with van der Waals surface area (Å²) in [4.78, 5) is 15.7.